The monoisotopic (exact) mass is 703 g/mol. The standard InChI is InChI=1S/C43H49N3O4S/c1-28-8-7-20-42(2)35(17-21-43(42,50)27-45-22-18-31(19-23-45)46-37-11-5-4-10-36(37)44-41(46)49)33-16-14-29(24-32(47)15-13-28)25-34(33)40(48)39-26-30-9-3-6-12-38(30)51-39/h3-6,8-12,14,16,25-26,31-32,35,47,50H,7,13,15,17-24,27H2,1-2H3,(H,44,49). The van der Waals surface area contributed by atoms with E-state index in [4.69, 9.17) is 0 Å². The number of hydrogen-bond donors (Lipinski definition) is 3. The molecule has 2 bridgehead atoms. The number of hydrogen-bond acceptors (Lipinski definition) is 6. The van der Waals surface area contributed by atoms with Gasteiger partial charge in [0.15, 0.2) is 0 Å². The van der Waals surface area contributed by atoms with Crippen LogP contribution in [0.3, 0.4) is 0 Å². The van der Waals surface area contributed by atoms with Crippen molar-refractivity contribution in [1.29, 1.82) is 0 Å². The van der Waals surface area contributed by atoms with Gasteiger partial charge in [0, 0.05) is 41.4 Å². The lowest BCUT2D eigenvalue weighted by Crippen LogP contribution is -2.54. The van der Waals surface area contributed by atoms with Crippen molar-refractivity contribution in [2.75, 3.05) is 19.6 Å². The van der Waals surface area contributed by atoms with E-state index in [0.717, 1.165) is 88.7 Å². The first-order chi connectivity index (χ1) is 24.6. The van der Waals surface area contributed by atoms with Crippen LogP contribution in [0.4, 0.5) is 0 Å². The zero-order valence-corrected chi connectivity index (χ0v) is 30.6. The molecule has 5 aromatic rings. The summed E-state index contributed by atoms with van der Waals surface area (Å²) in [6.45, 7) is 6.61. The van der Waals surface area contributed by atoms with Crippen molar-refractivity contribution in [2.24, 2.45) is 5.41 Å². The van der Waals surface area contributed by atoms with E-state index in [9.17, 15) is 19.8 Å². The number of nitrogens with zero attached hydrogens (tertiary/aromatic N) is 2. The highest BCUT2D eigenvalue weighted by Crippen LogP contribution is 2.59. The summed E-state index contributed by atoms with van der Waals surface area (Å²) in [6, 6.07) is 24.4. The van der Waals surface area contributed by atoms with Gasteiger partial charge < -0.3 is 20.1 Å². The number of benzene rings is 3. The van der Waals surface area contributed by atoms with Crippen LogP contribution < -0.4 is 5.69 Å². The summed E-state index contributed by atoms with van der Waals surface area (Å²) in [5.74, 6) is 0.0199. The minimum Gasteiger partial charge on any atom is -0.393 e. The minimum atomic E-state index is -0.951. The van der Waals surface area contributed by atoms with E-state index in [2.05, 4.69) is 54.1 Å². The first-order valence-electron chi connectivity index (χ1n) is 18.8. The number of imidazole rings is 1. The summed E-state index contributed by atoms with van der Waals surface area (Å²) in [4.78, 5) is 33.6. The highest BCUT2D eigenvalue weighted by Gasteiger charge is 2.57. The molecule has 0 spiro atoms. The Bertz CT molecular complexity index is 2140. The van der Waals surface area contributed by atoms with Crippen LogP contribution >= 0.6 is 11.3 Å². The number of nitrogens with one attached hydrogen (secondary N) is 1. The zero-order chi connectivity index (χ0) is 35.3. The third kappa shape index (κ3) is 6.35. The maximum Gasteiger partial charge on any atom is 0.326 e. The number of thiophene rings is 1. The summed E-state index contributed by atoms with van der Waals surface area (Å²) in [5.41, 5.74) is 4.32. The van der Waals surface area contributed by atoms with Gasteiger partial charge in [0.2, 0.25) is 5.78 Å². The zero-order valence-electron chi connectivity index (χ0n) is 29.7. The molecule has 1 saturated heterocycles. The third-order valence-corrected chi connectivity index (χ3v) is 13.7. The molecule has 4 unspecified atom stereocenters. The van der Waals surface area contributed by atoms with E-state index in [1.165, 1.54) is 16.9 Å². The van der Waals surface area contributed by atoms with Crippen molar-refractivity contribution in [3.63, 3.8) is 0 Å². The van der Waals surface area contributed by atoms with Crippen molar-refractivity contribution in [3.05, 3.63) is 116 Å². The fraction of sp³-hybridized carbons (Fsp3) is 0.442. The first kappa shape index (κ1) is 34.3. The second kappa shape index (κ2) is 13.6. The molecule has 3 N–H and O–H groups in total. The molecule has 4 aliphatic rings. The van der Waals surface area contributed by atoms with Gasteiger partial charge in [-0.05, 0) is 117 Å². The van der Waals surface area contributed by atoms with E-state index in [-0.39, 0.29) is 23.4 Å². The van der Waals surface area contributed by atoms with Crippen molar-refractivity contribution in [1.82, 2.24) is 14.5 Å². The molecule has 1 aliphatic heterocycles. The summed E-state index contributed by atoms with van der Waals surface area (Å²) < 4.78 is 3.02. The average Bonchev–Trinajstić information content (AvgIpc) is 3.78. The van der Waals surface area contributed by atoms with Gasteiger partial charge in [-0.25, -0.2) is 4.79 Å². The number of fused-ring (bicyclic) bond motifs is 10. The minimum absolute atomic E-state index is 0.00575. The molecule has 2 fully saturated rings. The first-order valence-corrected chi connectivity index (χ1v) is 19.6. The van der Waals surface area contributed by atoms with Gasteiger partial charge >= 0.3 is 5.69 Å². The largest absolute Gasteiger partial charge is 0.393 e. The summed E-state index contributed by atoms with van der Waals surface area (Å²) >= 11 is 1.54. The molecule has 0 amide bonds. The van der Waals surface area contributed by atoms with Crippen molar-refractivity contribution < 1.29 is 15.0 Å². The number of aliphatic hydroxyl groups is 2. The number of aromatic amines is 1. The summed E-state index contributed by atoms with van der Waals surface area (Å²) in [5, 5.41) is 25.0. The van der Waals surface area contributed by atoms with Gasteiger partial charge in [-0.2, -0.15) is 0 Å². The number of piperidine rings is 1. The molecule has 3 aromatic carbocycles. The number of H-pyrrole nitrogens is 1. The topological polar surface area (TPSA) is 98.6 Å². The summed E-state index contributed by atoms with van der Waals surface area (Å²) in [6.07, 6.45) is 8.62. The second-order valence-corrected chi connectivity index (χ2v) is 16.8. The maximum absolute atomic E-state index is 14.5. The Morgan fingerprint density at radius 2 is 1.76 bits per heavy atom. The third-order valence-electron chi connectivity index (χ3n) is 12.6. The number of aliphatic hydroxyl groups excluding tert-OH is 1. The van der Waals surface area contributed by atoms with Gasteiger partial charge in [-0.3, -0.25) is 9.36 Å². The number of carbonyl (C=O) groups is 1. The highest BCUT2D eigenvalue weighted by atomic mass is 32.1. The van der Waals surface area contributed by atoms with Crippen LogP contribution in [0.25, 0.3) is 21.1 Å². The number of aromatic nitrogens is 2. The van der Waals surface area contributed by atoms with Crippen LogP contribution in [0.2, 0.25) is 0 Å². The maximum atomic E-state index is 14.5. The average molecular weight is 704 g/mol. The van der Waals surface area contributed by atoms with Gasteiger partial charge in [0.05, 0.1) is 27.6 Å². The van der Waals surface area contributed by atoms with Gasteiger partial charge in [0.25, 0.3) is 0 Å². The van der Waals surface area contributed by atoms with Crippen molar-refractivity contribution >= 4 is 38.2 Å². The molecular formula is C43H49N3O4S. The van der Waals surface area contributed by atoms with Crippen molar-refractivity contribution in [3.8, 4) is 0 Å². The van der Waals surface area contributed by atoms with E-state index >= 15 is 0 Å². The van der Waals surface area contributed by atoms with Gasteiger partial charge in [-0.15, -0.1) is 11.3 Å². The number of likely N-dealkylation sites (tertiary alicyclic amines) is 1. The normalized spacial score (nSPS) is 26.7. The Morgan fingerprint density at radius 1 is 0.980 bits per heavy atom. The van der Waals surface area contributed by atoms with Crippen LogP contribution in [0.1, 0.15) is 104 Å². The molecular weight excluding hydrogens is 655 g/mol. The Kier molecular flexibility index (Phi) is 9.16. The van der Waals surface area contributed by atoms with E-state index in [1.807, 2.05) is 53.1 Å². The second-order valence-electron chi connectivity index (χ2n) is 15.7. The molecule has 0 radical (unpaired) electrons. The van der Waals surface area contributed by atoms with E-state index < -0.39 is 17.1 Å². The fourth-order valence-electron chi connectivity index (χ4n) is 9.57. The molecule has 3 aliphatic carbocycles. The van der Waals surface area contributed by atoms with E-state index in [1.54, 1.807) is 0 Å². The van der Waals surface area contributed by atoms with Gasteiger partial charge in [-0.1, -0.05) is 61.0 Å². The van der Waals surface area contributed by atoms with Crippen LogP contribution in [-0.2, 0) is 6.42 Å². The smallest absolute Gasteiger partial charge is 0.326 e. The van der Waals surface area contributed by atoms with Crippen LogP contribution in [0, 0.1) is 5.41 Å². The number of ketones is 1. The van der Waals surface area contributed by atoms with Crippen LogP contribution in [-0.4, -0.2) is 61.8 Å². The molecule has 4 atom stereocenters. The SMILES string of the molecule is CC1=CCCC2(C)C(CCC2(O)CN2CCC(n3c(=O)[nH]c4ccccc43)CC2)c2ccc(cc2C(=O)c2cc3ccccc3s2)CC(O)CC1. The Morgan fingerprint density at radius 3 is 2.59 bits per heavy atom. The molecule has 3 heterocycles. The summed E-state index contributed by atoms with van der Waals surface area (Å²) in [7, 11) is 0. The fourth-order valence-corrected chi connectivity index (χ4v) is 10.6. The lowest BCUT2D eigenvalue weighted by atomic mass is 9.64. The molecule has 51 heavy (non-hydrogen) atoms. The number of para-hydroxylation sites is 2. The molecule has 266 valence electrons. The van der Waals surface area contributed by atoms with Gasteiger partial charge in [0.1, 0.15) is 0 Å². The molecule has 1 saturated carbocycles. The Hall–Kier alpha value is -3.82. The predicted molar refractivity (Wildman–Crippen MR) is 206 cm³/mol. The molecule has 7 nitrogen and oxygen atoms in total. The predicted octanol–water partition coefficient (Wildman–Crippen LogP) is 8.15. The number of rotatable bonds is 5. The Balaban J connectivity index is 1.11. The van der Waals surface area contributed by atoms with Crippen molar-refractivity contribution in [2.45, 2.75) is 95.3 Å². The molecule has 8 heteroatoms. The number of allylic oxidation sites excluding steroid dienone is 2. The number of β-amino-alcohol motifs (C(OH)–C–C–N with tert-alkyl or cyclic N) is 1. The molecule has 2 aromatic heterocycles. The highest BCUT2D eigenvalue weighted by molar-refractivity contribution is 7.21. The number of carbonyl (C=O) groups excluding carboxylic acids is 1. The lowest BCUT2D eigenvalue weighted by Gasteiger charge is -2.47. The van der Waals surface area contributed by atoms with Crippen LogP contribution in [0.5, 0.6) is 0 Å². The Labute approximate surface area is 303 Å². The van der Waals surface area contributed by atoms with Crippen LogP contribution in [0.15, 0.2) is 89.2 Å². The molecule has 9 rings (SSSR count). The lowest BCUT2D eigenvalue weighted by molar-refractivity contribution is -0.0870. The van der Waals surface area contributed by atoms with E-state index in [0.29, 0.717) is 31.4 Å². The quantitative estimate of drug-likeness (QED) is 0.127.